The first-order valence-corrected chi connectivity index (χ1v) is 7.77. The number of phenolic OH excluding ortho intramolecular Hbond substituents is 2. The molecule has 0 spiro atoms. The molecule has 0 amide bonds. The molecule has 1 aromatic carbocycles. The molecular formula is C17H18ClNO2. The molecule has 4 rings (SSSR count). The van der Waals surface area contributed by atoms with E-state index in [4.69, 9.17) is 11.6 Å². The van der Waals surface area contributed by atoms with Crippen molar-refractivity contribution >= 4 is 11.6 Å². The number of hydrogen-bond donors (Lipinski definition) is 2. The number of fused-ring (bicyclic) bond motifs is 1. The van der Waals surface area contributed by atoms with Gasteiger partial charge in [0.05, 0.1) is 5.38 Å². The van der Waals surface area contributed by atoms with Crippen LogP contribution in [-0.4, -0.2) is 40.1 Å². The van der Waals surface area contributed by atoms with Crippen LogP contribution >= 0.6 is 11.6 Å². The monoisotopic (exact) mass is 303 g/mol. The zero-order chi connectivity index (χ0) is 14.8. The van der Waals surface area contributed by atoms with Crippen molar-refractivity contribution in [1.29, 1.82) is 0 Å². The molecule has 2 bridgehead atoms. The number of likely N-dealkylation sites (N-methyl/N-ethyl adjacent to an activating group) is 1. The molecule has 0 radical (unpaired) electrons. The Labute approximate surface area is 129 Å². The number of nitrogens with zero attached hydrogens (tertiary/aromatic N) is 1. The number of rotatable bonds is 0. The van der Waals surface area contributed by atoms with E-state index in [-0.39, 0.29) is 22.3 Å². The molecule has 1 heterocycles. The third kappa shape index (κ3) is 1.53. The Balaban J connectivity index is 2.05. The zero-order valence-electron chi connectivity index (χ0n) is 11.9. The first kappa shape index (κ1) is 13.2. The molecule has 1 aromatic rings. The lowest BCUT2D eigenvalue weighted by Crippen LogP contribution is -2.57. The quantitative estimate of drug-likeness (QED) is 0.572. The highest BCUT2D eigenvalue weighted by Gasteiger charge is 2.54. The normalized spacial score (nSPS) is 34.1. The molecule has 3 nitrogen and oxygen atoms in total. The lowest BCUT2D eigenvalue weighted by atomic mass is 9.57. The number of phenols is 2. The molecule has 2 aliphatic carbocycles. The molecule has 1 unspecified atom stereocenters. The van der Waals surface area contributed by atoms with Gasteiger partial charge in [-0.05, 0) is 43.6 Å². The first-order valence-electron chi connectivity index (χ1n) is 7.33. The van der Waals surface area contributed by atoms with Crippen LogP contribution < -0.4 is 0 Å². The number of piperidine rings is 1. The van der Waals surface area contributed by atoms with E-state index < -0.39 is 0 Å². The summed E-state index contributed by atoms with van der Waals surface area (Å²) >= 11 is 6.71. The average Bonchev–Trinajstić information content (AvgIpc) is 2.47. The van der Waals surface area contributed by atoms with Crippen molar-refractivity contribution in [1.82, 2.24) is 4.90 Å². The van der Waals surface area contributed by atoms with Crippen LogP contribution in [0.15, 0.2) is 35.9 Å². The van der Waals surface area contributed by atoms with Gasteiger partial charge in [-0.1, -0.05) is 24.3 Å². The Morgan fingerprint density at radius 1 is 1.33 bits per heavy atom. The number of hydrogen-bond acceptors (Lipinski definition) is 3. The summed E-state index contributed by atoms with van der Waals surface area (Å²) in [7, 11) is 2.14. The standard InChI is InChI=1S/C17H18ClNO2/c1-19-8-7-17-11(3-2-4-14(17)18)12(19)9-10-5-6-13(20)16(21)15(10)17/h2-6,12,14,20-21H,7-9H2,1H3/t12-,14?,17-/m1/s1. The molecule has 1 fully saturated rings. The van der Waals surface area contributed by atoms with E-state index in [9.17, 15) is 10.2 Å². The van der Waals surface area contributed by atoms with Gasteiger partial charge in [-0.15, -0.1) is 11.6 Å². The maximum Gasteiger partial charge on any atom is 0.161 e. The lowest BCUT2D eigenvalue weighted by Gasteiger charge is -2.54. The second kappa shape index (κ2) is 4.28. The fraction of sp³-hybridized carbons (Fsp3) is 0.412. The Morgan fingerprint density at radius 3 is 2.95 bits per heavy atom. The Hall–Kier alpha value is -1.45. The first-order chi connectivity index (χ1) is 10.1. The highest BCUT2D eigenvalue weighted by atomic mass is 35.5. The van der Waals surface area contributed by atoms with E-state index in [0.29, 0.717) is 6.04 Å². The van der Waals surface area contributed by atoms with Crippen molar-refractivity contribution < 1.29 is 10.2 Å². The minimum absolute atomic E-state index is 0.00218. The molecule has 4 heteroatoms. The number of alkyl halides is 1. The highest BCUT2D eigenvalue weighted by molar-refractivity contribution is 6.23. The van der Waals surface area contributed by atoms with E-state index >= 15 is 0 Å². The lowest BCUT2D eigenvalue weighted by molar-refractivity contribution is 0.166. The van der Waals surface area contributed by atoms with Gasteiger partial charge in [-0.3, -0.25) is 4.90 Å². The second-order valence-corrected chi connectivity index (χ2v) is 6.77. The van der Waals surface area contributed by atoms with Crippen molar-refractivity contribution in [3.63, 3.8) is 0 Å². The van der Waals surface area contributed by atoms with Crippen LogP contribution in [0.4, 0.5) is 0 Å². The number of benzene rings is 1. The molecule has 2 N–H and O–H groups in total. The summed E-state index contributed by atoms with van der Waals surface area (Å²) in [5.41, 5.74) is 2.82. The molecule has 1 saturated heterocycles. The third-order valence-electron chi connectivity index (χ3n) is 5.39. The highest BCUT2D eigenvalue weighted by Crippen LogP contribution is 2.57. The summed E-state index contributed by atoms with van der Waals surface area (Å²) in [4.78, 5) is 2.36. The summed E-state index contributed by atoms with van der Waals surface area (Å²) < 4.78 is 0. The van der Waals surface area contributed by atoms with Gasteiger partial charge in [-0.25, -0.2) is 0 Å². The van der Waals surface area contributed by atoms with Crippen LogP contribution in [0.3, 0.4) is 0 Å². The topological polar surface area (TPSA) is 43.7 Å². The fourth-order valence-electron chi connectivity index (χ4n) is 4.34. The van der Waals surface area contributed by atoms with Gasteiger partial charge in [0.25, 0.3) is 0 Å². The second-order valence-electron chi connectivity index (χ2n) is 6.30. The number of allylic oxidation sites excluding steroid dienone is 3. The van der Waals surface area contributed by atoms with E-state index in [1.165, 1.54) is 5.57 Å². The molecule has 0 aromatic heterocycles. The molecule has 3 aliphatic rings. The van der Waals surface area contributed by atoms with Crippen LogP contribution in [0, 0.1) is 0 Å². The van der Waals surface area contributed by atoms with Gasteiger partial charge in [0.15, 0.2) is 11.5 Å². The van der Waals surface area contributed by atoms with Crippen molar-refractivity contribution in [2.24, 2.45) is 0 Å². The van der Waals surface area contributed by atoms with Crippen LogP contribution in [0.25, 0.3) is 0 Å². The van der Waals surface area contributed by atoms with Crippen LogP contribution in [-0.2, 0) is 11.8 Å². The van der Waals surface area contributed by atoms with E-state index in [0.717, 1.165) is 30.5 Å². The molecule has 110 valence electrons. The molecule has 21 heavy (non-hydrogen) atoms. The van der Waals surface area contributed by atoms with Crippen molar-refractivity contribution in [3.05, 3.63) is 47.1 Å². The van der Waals surface area contributed by atoms with Gasteiger partial charge in [0.2, 0.25) is 0 Å². The Bertz CT molecular complexity index is 682. The Morgan fingerprint density at radius 2 is 2.14 bits per heavy atom. The molecular weight excluding hydrogens is 286 g/mol. The van der Waals surface area contributed by atoms with Gasteiger partial charge in [0.1, 0.15) is 0 Å². The summed E-state index contributed by atoms with van der Waals surface area (Å²) in [6, 6.07) is 3.83. The predicted molar refractivity (Wildman–Crippen MR) is 83.1 cm³/mol. The third-order valence-corrected chi connectivity index (χ3v) is 5.91. The summed E-state index contributed by atoms with van der Waals surface area (Å²) in [6.07, 6.45) is 7.86. The molecule has 3 atom stereocenters. The van der Waals surface area contributed by atoms with E-state index in [1.807, 2.05) is 18.2 Å². The van der Waals surface area contributed by atoms with Gasteiger partial charge >= 0.3 is 0 Å². The SMILES string of the molecule is CN1CC[C@@]23C(=CC=CC2Cl)[C@H]1Cc1ccc(O)c(O)c13. The van der Waals surface area contributed by atoms with Crippen LogP contribution in [0.1, 0.15) is 17.5 Å². The van der Waals surface area contributed by atoms with Crippen molar-refractivity contribution in [2.45, 2.75) is 29.7 Å². The molecule has 1 aliphatic heterocycles. The predicted octanol–water partition coefficient (Wildman–Crippen LogP) is 2.70. The van der Waals surface area contributed by atoms with Gasteiger partial charge < -0.3 is 10.2 Å². The fourth-order valence-corrected chi connectivity index (χ4v) is 4.76. The zero-order valence-corrected chi connectivity index (χ0v) is 12.6. The smallest absolute Gasteiger partial charge is 0.161 e. The van der Waals surface area contributed by atoms with Crippen LogP contribution in [0.5, 0.6) is 11.5 Å². The van der Waals surface area contributed by atoms with Crippen molar-refractivity contribution in [2.75, 3.05) is 13.6 Å². The van der Waals surface area contributed by atoms with E-state index in [2.05, 4.69) is 18.0 Å². The molecule has 0 saturated carbocycles. The van der Waals surface area contributed by atoms with E-state index in [1.54, 1.807) is 6.07 Å². The maximum absolute atomic E-state index is 10.5. The number of halogens is 1. The van der Waals surface area contributed by atoms with Gasteiger partial charge in [0, 0.05) is 17.0 Å². The number of aromatic hydroxyl groups is 2. The largest absolute Gasteiger partial charge is 0.504 e. The average molecular weight is 304 g/mol. The summed E-state index contributed by atoms with van der Waals surface area (Å²) in [6.45, 7) is 0.938. The van der Waals surface area contributed by atoms with Gasteiger partial charge in [-0.2, -0.15) is 0 Å². The van der Waals surface area contributed by atoms with Crippen LogP contribution in [0.2, 0.25) is 0 Å². The van der Waals surface area contributed by atoms with Crippen molar-refractivity contribution in [3.8, 4) is 11.5 Å². The summed E-state index contributed by atoms with van der Waals surface area (Å²) in [5.74, 6) is -0.0550. The maximum atomic E-state index is 10.5. The number of likely N-dealkylation sites (tertiary alicyclic amines) is 1. The minimum atomic E-state index is -0.385. The summed E-state index contributed by atoms with van der Waals surface area (Å²) in [5, 5.41) is 20.3. The minimum Gasteiger partial charge on any atom is -0.504 e. The Kier molecular flexibility index (Phi) is 2.69.